The van der Waals surface area contributed by atoms with E-state index in [2.05, 4.69) is 71.3 Å². The molecule has 3 heterocycles. The molecule has 7 nitrogen and oxygen atoms in total. The topological polar surface area (TPSA) is 68.8 Å². The molecule has 0 fully saturated rings. The van der Waals surface area contributed by atoms with Crippen LogP contribution in [-0.4, -0.2) is 40.1 Å². The fraction of sp³-hybridized carbons (Fsp3) is 0.250. The van der Waals surface area contributed by atoms with Crippen LogP contribution in [0.5, 0.6) is 5.75 Å². The van der Waals surface area contributed by atoms with E-state index in [1.54, 1.807) is 16.6 Å². The van der Waals surface area contributed by atoms with Crippen LogP contribution in [0, 0.1) is 17.4 Å². The second-order valence-corrected chi connectivity index (χ2v) is 13.4. The summed E-state index contributed by atoms with van der Waals surface area (Å²) < 4.78 is 11.6. The minimum atomic E-state index is -0.711. The molecule has 0 saturated carbocycles. The Morgan fingerprint density at radius 1 is 1.04 bits per heavy atom. The summed E-state index contributed by atoms with van der Waals surface area (Å²) in [5.41, 5.74) is 5.85. The Morgan fingerprint density at radius 2 is 1.76 bits per heavy atom. The molecule has 0 radical (unpaired) electrons. The Labute approximate surface area is 279 Å². The molecule has 0 spiro atoms. The minimum Gasteiger partial charge on any atom is -0.496 e. The number of aromatic nitrogens is 2. The van der Waals surface area contributed by atoms with Crippen LogP contribution in [0.4, 0.5) is 0 Å². The van der Waals surface area contributed by atoms with Crippen molar-refractivity contribution >= 4 is 56.7 Å². The lowest BCUT2D eigenvalue weighted by molar-refractivity contribution is -0.127. The maximum absolute atomic E-state index is 14.5. The highest BCUT2D eigenvalue weighted by molar-refractivity contribution is 14.1. The summed E-state index contributed by atoms with van der Waals surface area (Å²) in [4.78, 5) is 35.9. The fourth-order valence-corrected chi connectivity index (χ4v) is 7.74. The standard InChI is InChI=1S/C36H35IN4O3S/c1-7-39(8-2)35(43)31-22(4)38-36-41(33(31)32-28-12-10-9-11-24(28)13-18-29(32)44-6)34(42)30(45-36)20-25-19-21(3)40(23(25)5)27-16-14-26(37)15-17-27/h9-20,33H,7-8H2,1-6H3/b30-20+/t33-/m1/s1. The molecule has 1 aliphatic rings. The molecule has 0 aliphatic carbocycles. The lowest BCUT2D eigenvalue weighted by Crippen LogP contribution is -2.43. The Bertz CT molecular complexity index is 2170. The zero-order valence-corrected chi connectivity index (χ0v) is 29.2. The first-order valence-corrected chi connectivity index (χ1v) is 16.9. The molecular weight excluding hydrogens is 695 g/mol. The number of hydrogen-bond donors (Lipinski definition) is 0. The number of halogens is 1. The first-order chi connectivity index (χ1) is 21.7. The average Bonchev–Trinajstić information content (AvgIpc) is 3.49. The summed E-state index contributed by atoms with van der Waals surface area (Å²) in [5.74, 6) is 0.491. The molecule has 0 N–H and O–H groups in total. The Kier molecular flexibility index (Phi) is 8.58. The van der Waals surface area contributed by atoms with Gasteiger partial charge in [-0.25, -0.2) is 4.99 Å². The van der Waals surface area contributed by atoms with Gasteiger partial charge in [0.15, 0.2) is 4.80 Å². The molecule has 9 heteroatoms. The minimum absolute atomic E-state index is 0.128. The number of hydrogen-bond acceptors (Lipinski definition) is 5. The molecule has 1 aliphatic heterocycles. The smallest absolute Gasteiger partial charge is 0.271 e. The molecular formula is C36H35IN4O3S. The van der Waals surface area contributed by atoms with Crippen LogP contribution in [0.2, 0.25) is 0 Å². The molecule has 0 unspecified atom stereocenters. The number of fused-ring (bicyclic) bond motifs is 2. The third-order valence-corrected chi connectivity index (χ3v) is 10.3. The number of benzene rings is 3. The van der Waals surface area contributed by atoms with E-state index in [1.807, 2.05) is 63.2 Å². The first kappa shape index (κ1) is 31.0. The van der Waals surface area contributed by atoms with E-state index in [9.17, 15) is 9.59 Å². The number of aryl methyl sites for hydroxylation is 1. The molecule has 0 saturated heterocycles. The predicted molar refractivity (Wildman–Crippen MR) is 190 cm³/mol. The van der Waals surface area contributed by atoms with Gasteiger partial charge in [-0.1, -0.05) is 41.7 Å². The van der Waals surface area contributed by atoms with Crippen LogP contribution in [0.15, 0.2) is 87.8 Å². The van der Waals surface area contributed by atoms with Crippen LogP contribution < -0.4 is 19.6 Å². The number of allylic oxidation sites excluding steroid dienone is 1. The number of carbonyl (C=O) groups excluding carboxylic acids is 1. The number of likely N-dealkylation sites (N-methyl/N-ethyl adjacent to an activating group) is 1. The average molecular weight is 731 g/mol. The number of methoxy groups -OCH3 is 1. The molecule has 6 rings (SSSR count). The number of nitrogens with zero attached hydrogens (tertiary/aromatic N) is 4. The highest BCUT2D eigenvalue weighted by atomic mass is 127. The van der Waals surface area contributed by atoms with Gasteiger partial charge in [0, 0.05) is 39.3 Å². The van der Waals surface area contributed by atoms with Crippen molar-refractivity contribution < 1.29 is 9.53 Å². The fourth-order valence-electron chi connectivity index (χ4n) is 6.35. The van der Waals surface area contributed by atoms with Gasteiger partial charge in [0.05, 0.1) is 22.9 Å². The molecule has 0 bridgehead atoms. The van der Waals surface area contributed by atoms with Crippen LogP contribution in [0.3, 0.4) is 0 Å². The van der Waals surface area contributed by atoms with Crippen molar-refractivity contribution in [3.05, 3.63) is 124 Å². The van der Waals surface area contributed by atoms with Crippen molar-refractivity contribution in [1.29, 1.82) is 0 Å². The Hall–Kier alpha value is -3.96. The van der Waals surface area contributed by atoms with E-state index in [-0.39, 0.29) is 11.5 Å². The van der Waals surface area contributed by atoms with E-state index in [0.29, 0.717) is 39.4 Å². The maximum Gasteiger partial charge on any atom is 0.271 e. The summed E-state index contributed by atoms with van der Waals surface area (Å²) in [6, 6.07) is 21.7. The predicted octanol–water partition coefficient (Wildman–Crippen LogP) is 6.28. The first-order valence-electron chi connectivity index (χ1n) is 15.0. The number of amides is 1. The molecule has 45 heavy (non-hydrogen) atoms. The summed E-state index contributed by atoms with van der Waals surface area (Å²) in [5, 5.41) is 1.93. The molecule has 1 atom stereocenters. The lowest BCUT2D eigenvalue weighted by Gasteiger charge is -2.30. The van der Waals surface area contributed by atoms with Gasteiger partial charge in [-0.3, -0.25) is 14.2 Å². The Balaban J connectivity index is 1.61. The largest absolute Gasteiger partial charge is 0.496 e. The second-order valence-electron chi connectivity index (χ2n) is 11.1. The number of thiazole rings is 1. The number of rotatable bonds is 7. The number of carbonyl (C=O) groups is 1. The van der Waals surface area contributed by atoms with Crippen LogP contribution in [0.1, 0.15) is 49.3 Å². The summed E-state index contributed by atoms with van der Waals surface area (Å²) in [6.07, 6.45) is 1.96. The van der Waals surface area contributed by atoms with Gasteiger partial charge in [-0.2, -0.15) is 0 Å². The quantitative estimate of drug-likeness (QED) is 0.185. The molecule has 2 aromatic heterocycles. The van der Waals surface area contributed by atoms with Crippen molar-refractivity contribution in [2.24, 2.45) is 4.99 Å². The monoisotopic (exact) mass is 730 g/mol. The second kappa shape index (κ2) is 12.4. The molecule has 230 valence electrons. The highest BCUT2D eigenvalue weighted by Gasteiger charge is 2.36. The van der Waals surface area contributed by atoms with Gasteiger partial charge >= 0.3 is 0 Å². The number of ether oxygens (including phenoxy) is 1. The summed E-state index contributed by atoms with van der Waals surface area (Å²) in [7, 11) is 1.63. The summed E-state index contributed by atoms with van der Waals surface area (Å²) >= 11 is 3.66. The Morgan fingerprint density at radius 3 is 2.44 bits per heavy atom. The van der Waals surface area contributed by atoms with Gasteiger partial charge in [0.2, 0.25) is 0 Å². The molecule has 1 amide bonds. The van der Waals surface area contributed by atoms with Gasteiger partial charge in [-0.15, -0.1) is 0 Å². The zero-order valence-electron chi connectivity index (χ0n) is 26.2. The third kappa shape index (κ3) is 5.35. The highest BCUT2D eigenvalue weighted by Crippen LogP contribution is 2.40. The SMILES string of the molecule is CCN(CC)C(=O)C1=C(C)N=c2s/c(=C/c3cc(C)n(-c4ccc(I)cc4)c3C)c(=O)n2[C@H]1c1c(OC)ccc2ccccc12. The van der Waals surface area contributed by atoms with E-state index in [4.69, 9.17) is 9.73 Å². The lowest BCUT2D eigenvalue weighted by atomic mass is 9.90. The summed E-state index contributed by atoms with van der Waals surface area (Å²) in [6.45, 7) is 11.0. The van der Waals surface area contributed by atoms with E-state index < -0.39 is 6.04 Å². The zero-order chi connectivity index (χ0) is 32.0. The van der Waals surface area contributed by atoms with Crippen molar-refractivity contribution in [2.45, 2.75) is 40.7 Å². The maximum atomic E-state index is 14.5. The van der Waals surface area contributed by atoms with Gasteiger partial charge in [0.1, 0.15) is 11.8 Å². The van der Waals surface area contributed by atoms with Crippen LogP contribution in [-0.2, 0) is 4.79 Å². The van der Waals surface area contributed by atoms with Crippen LogP contribution in [0.25, 0.3) is 22.5 Å². The normalized spacial score (nSPS) is 14.9. The molecule has 3 aromatic carbocycles. The van der Waals surface area contributed by atoms with Crippen molar-refractivity contribution in [2.75, 3.05) is 20.2 Å². The van der Waals surface area contributed by atoms with E-state index in [0.717, 1.165) is 39.0 Å². The van der Waals surface area contributed by atoms with E-state index >= 15 is 0 Å². The van der Waals surface area contributed by atoms with Gasteiger partial charge in [-0.05, 0) is 116 Å². The van der Waals surface area contributed by atoms with Gasteiger partial charge < -0.3 is 14.2 Å². The van der Waals surface area contributed by atoms with Gasteiger partial charge in [0.25, 0.3) is 11.5 Å². The van der Waals surface area contributed by atoms with E-state index in [1.165, 1.54) is 14.9 Å². The third-order valence-electron chi connectivity index (χ3n) is 8.57. The van der Waals surface area contributed by atoms with Crippen molar-refractivity contribution in [3.63, 3.8) is 0 Å². The molecule has 5 aromatic rings. The van der Waals surface area contributed by atoms with Crippen LogP contribution >= 0.6 is 33.9 Å². The van der Waals surface area contributed by atoms with Crippen molar-refractivity contribution in [1.82, 2.24) is 14.0 Å². The van der Waals surface area contributed by atoms with Crippen molar-refractivity contribution in [3.8, 4) is 11.4 Å².